The molecule has 0 aliphatic rings. The second-order valence-corrected chi connectivity index (χ2v) is 3.65. The standard InChI is InChI=1S/C11H21N5/c1-4-6-9(10(12)16-11(13)14)15-7-8(3)5-2/h4,6,8H,5,7H2,1-3H3,(H5,12,13,14,16)/b6-4-,15-9+. The summed E-state index contributed by atoms with van der Waals surface area (Å²) in [6.45, 7) is 6.76. The first kappa shape index (κ1) is 14.3. The van der Waals surface area contributed by atoms with E-state index in [9.17, 15) is 0 Å². The van der Waals surface area contributed by atoms with Gasteiger partial charge in [-0.25, -0.2) is 0 Å². The molecule has 5 heteroatoms. The summed E-state index contributed by atoms with van der Waals surface area (Å²) in [6.07, 6.45) is 4.60. The Morgan fingerprint density at radius 1 is 1.50 bits per heavy atom. The smallest absolute Gasteiger partial charge is 0.191 e. The third kappa shape index (κ3) is 5.95. The van der Waals surface area contributed by atoms with E-state index in [-0.39, 0.29) is 11.8 Å². The normalized spacial score (nSPS) is 13.8. The molecule has 16 heavy (non-hydrogen) atoms. The van der Waals surface area contributed by atoms with Gasteiger partial charge in [-0.2, -0.15) is 0 Å². The Bertz CT molecular complexity index is 303. The maximum Gasteiger partial charge on any atom is 0.191 e. The summed E-state index contributed by atoms with van der Waals surface area (Å²) in [7, 11) is 0. The molecule has 0 aromatic rings. The van der Waals surface area contributed by atoms with Crippen LogP contribution in [0.25, 0.3) is 0 Å². The number of rotatable bonds is 5. The van der Waals surface area contributed by atoms with Crippen molar-refractivity contribution >= 4 is 17.5 Å². The van der Waals surface area contributed by atoms with Crippen LogP contribution < -0.4 is 11.1 Å². The van der Waals surface area contributed by atoms with Gasteiger partial charge in [0, 0.05) is 6.54 Å². The van der Waals surface area contributed by atoms with Crippen LogP contribution in [0, 0.1) is 16.7 Å². The Balaban J connectivity index is 4.59. The summed E-state index contributed by atoms with van der Waals surface area (Å²) in [4.78, 5) is 4.33. The van der Waals surface area contributed by atoms with E-state index >= 15 is 0 Å². The molecule has 0 amide bonds. The molecule has 0 radical (unpaired) electrons. The van der Waals surface area contributed by atoms with Gasteiger partial charge in [0.15, 0.2) is 11.8 Å². The Labute approximate surface area is 96.9 Å². The number of hydrogen-bond donors (Lipinski definition) is 4. The zero-order valence-electron chi connectivity index (χ0n) is 10.2. The van der Waals surface area contributed by atoms with Crippen molar-refractivity contribution in [2.24, 2.45) is 16.6 Å². The average Bonchev–Trinajstić information content (AvgIpc) is 2.22. The fraction of sp³-hybridized carbons (Fsp3) is 0.545. The first-order chi connectivity index (χ1) is 7.51. The van der Waals surface area contributed by atoms with E-state index in [0.717, 1.165) is 6.42 Å². The van der Waals surface area contributed by atoms with Crippen LogP contribution in [0.15, 0.2) is 17.1 Å². The van der Waals surface area contributed by atoms with Crippen molar-refractivity contribution in [2.45, 2.75) is 27.2 Å². The van der Waals surface area contributed by atoms with Crippen molar-refractivity contribution in [1.82, 2.24) is 5.32 Å². The highest BCUT2D eigenvalue weighted by Crippen LogP contribution is 2.01. The molecule has 0 aliphatic carbocycles. The first-order valence-electron chi connectivity index (χ1n) is 5.38. The molecule has 0 aliphatic heterocycles. The Morgan fingerprint density at radius 2 is 2.12 bits per heavy atom. The number of nitrogens with zero attached hydrogens (tertiary/aromatic N) is 1. The number of guanidine groups is 1. The molecule has 0 saturated heterocycles. The van der Waals surface area contributed by atoms with Gasteiger partial charge in [0.25, 0.3) is 0 Å². The molecule has 0 aromatic carbocycles. The predicted octanol–water partition coefficient (Wildman–Crippen LogP) is 1.51. The van der Waals surface area contributed by atoms with E-state index in [4.69, 9.17) is 16.6 Å². The van der Waals surface area contributed by atoms with Gasteiger partial charge in [0.1, 0.15) is 0 Å². The minimum Gasteiger partial charge on any atom is -0.370 e. The lowest BCUT2D eigenvalue weighted by atomic mass is 10.1. The molecule has 0 fully saturated rings. The van der Waals surface area contributed by atoms with Crippen LogP contribution in [0.4, 0.5) is 0 Å². The second-order valence-electron chi connectivity index (χ2n) is 3.65. The van der Waals surface area contributed by atoms with Gasteiger partial charge in [-0.1, -0.05) is 26.3 Å². The molecule has 0 bridgehead atoms. The largest absolute Gasteiger partial charge is 0.370 e. The van der Waals surface area contributed by atoms with E-state index in [1.165, 1.54) is 0 Å². The van der Waals surface area contributed by atoms with Crippen molar-refractivity contribution in [3.63, 3.8) is 0 Å². The van der Waals surface area contributed by atoms with Gasteiger partial charge in [0.2, 0.25) is 0 Å². The zero-order chi connectivity index (χ0) is 12.6. The molecule has 0 saturated carbocycles. The maximum absolute atomic E-state index is 7.67. The van der Waals surface area contributed by atoms with Crippen LogP contribution in [0.2, 0.25) is 0 Å². The summed E-state index contributed by atoms with van der Waals surface area (Å²) in [6, 6.07) is 0. The van der Waals surface area contributed by atoms with E-state index < -0.39 is 0 Å². The van der Waals surface area contributed by atoms with E-state index in [1.807, 2.05) is 13.0 Å². The fourth-order valence-electron chi connectivity index (χ4n) is 0.955. The van der Waals surface area contributed by atoms with Crippen molar-refractivity contribution in [1.29, 1.82) is 10.8 Å². The van der Waals surface area contributed by atoms with Gasteiger partial charge in [0.05, 0.1) is 5.71 Å². The highest BCUT2D eigenvalue weighted by molar-refractivity contribution is 6.46. The van der Waals surface area contributed by atoms with Crippen LogP contribution in [0.1, 0.15) is 27.2 Å². The summed E-state index contributed by atoms with van der Waals surface area (Å²) in [5.74, 6) is 0.310. The average molecular weight is 223 g/mol. The highest BCUT2D eigenvalue weighted by Gasteiger charge is 2.05. The van der Waals surface area contributed by atoms with Gasteiger partial charge < -0.3 is 11.1 Å². The van der Waals surface area contributed by atoms with Gasteiger partial charge in [-0.05, 0) is 18.9 Å². The summed E-state index contributed by atoms with van der Waals surface area (Å²) >= 11 is 0. The molecule has 5 nitrogen and oxygen atoms in total. The van der Waals surface area contributed by atoms with E-state index in [1.54, 1.807) is 6.08 Å². The number of nitrogens with one attached hydrogen (secondary N) is 3. The molecular weight excluding hydrogens is 202 g/mol. The van der Waals surface area contributed by atoms with Crippen LogP contribution in [0.5, 0.6) is 0 Å². The Hall–Kier alpha value is -1.65. The lowest BCUT2D eigenvalue weighted by Gasteiger charge is -2.08. The lowest BCUT2D eigenvalue weighted by Crippen LogP contribution is -2.39. The third-order valence-electron chi connectivity index (χ3n) is 2.11. The number of amidine groups is 1. The molecule has 0 heterocycles. The molecule has 90 valence electrons. The van der Waals surface area contributed by atoms with Crippen molar-refractivity contribution in [3.8, 4) is 0 Å². The summed E-state index contributed by atoms with van der Waals surface area (Å²) in [5, 5.41) is 17.1. The number of allylic oxidation sites excluding steroid dienone is 1. The fourth-order valence-corrected chi connectivity index (χ4v) is 0.955. The van der Waals surface area contributed by atoms with E-state index in [0.29, 0.717) is 18.2 Å². The molecule has 5 N–H and O–H groups in total. The third-order valence-corrected chi connectivity index (χ3v) is 2.11. The molecule has 0 rings (SSSR count). The quantitative estimate of drug-likeness (QED) is 0.419. The minimum absolute atomic E-state index is 0.0638. The molecule has 0 spiro atoms. The second kappa shape index (κ2) is 7.62. The van der Waals surface area contributed by atoms with Crippen LogP contribution in [0.3, 0.4) is 0 Å². The van der Waals surface area contributed by atoms with Gasteiger partial charge >= 0.3 is 0 Å². The number of nitrogens with two attached hydrogens (primary N) is 1. The monoisotopic (exact) mass is 223 g/mol. The van der Waals surface area contributed by atoms with E-state index in [2.05, 4.69) is 24.2 Å². The SMILES string of the molecule is C/C=C\C(=N/CC(C)CC)C(=N)NC(=N)N. The minimum atomic E-state index is -0.245. The molecule has 1 atom stereocenters. The first-order valence-corrected chi connectivity index (χ1v) is 5.38. The van der Waals surface area contributed by atoms with Crippen LogP contribution in [-0.4, -0.2) is 24.1 Å². The van der Waals surface area contributed by atoms with Crippen molar-refractivity contribution in [3.05, 3.63) is 12.2 Å². The number of hydrogen-bond acceptors (Lipinski definition) is 3. The summed E-state index contributed by atoms with van der Waals surface area (Å²) < 4.78 is 0. The van der Waals surface area contributed by atoms with Gasteiger partial charge in [-0.15, -0.1) is 0 Å². The van der Waals surface area contributed by atoms with Crippen molar-refractivity contribution < 1.29 is 0 Å². The van der Waals surface area contributed by atoms with Crippen molar-refractivity contribution in [2.75, 3.05) is 6.54 Å². The predicted molar refractivity (Wildman–Crippen MR) is 69.3 cm³/mol. The van der Waals surface area contributed by atoms with Crippen LogP contribution >= 0.6 is 0 Å². The topological polar surface area (TPSA) is 98.1 Å². The number of aliphatic imine (C=N–C) groups is 1. The zero-order valence-corrected chi connectivity index (χ0v) is 10.2. The molecular formula is C11H21N5. The Kier molecular flexibility index (Phi) is 6.83. The molecule has 1 unspecified atom stereocenters. The Morgan fingerprint density at radius 3 is 2.56 bits per heavy atom. The highest BCUT2D eigenvalue weighted by atomic mass is 15.1. The van der Waals surface area contributed by atoms with Gasteiger partial charge in [-0.3, -0.25) is 15.8 Å². The lowest BCUT2D eigenvalue weighted by molar-refractivity contribution is 0.577. The molecule has 0 aromatic heterocycles. The maximum atomic E-state index is 7.67. The summed E-state index contributed by atoms with van der Waals surface area (Å²) in [5.41, 5.74) is 5.69. The van der Waals surface area contributed by atoms with Crippen LogP contribution in [-0.2, 0) is 0 Å².